The maximum Gasteiger partial charge on any atom is 0.0207 e. The molecule has 0 unspecified atom stereocenters. The number of hydrogen-bond donors (Lipinski definition) is 0. The van der Waals surface area contributed by atoms with E-state index in [1.807, 2.05) is 0 Å². The molecule has 13 heavy (non-hydrogen) atoms. The van der Waals surface area contributed by atoms with Crippen molar-refractivity contribution in [3.8, 4) is 0 Å². The Morgan fingerprint density at radius 1 is 1.08 bits per heavy atom. The predicted octanol–water partition coefficient (Wildman–Crippen LogP) is 3.32. The van der Waals surface area contributed by atoms with Crippen molar-refractivity contribution in [3.63, 3.8) is 0 Å². The Kier molecular flexibility index (Phi) is 1.42. The lowest BCUT2D eigenvalue weighted by atomic mass is 9.96. The van der Waals surface area contributed by atoms with Crippen LogP contribution in [-0.4, -0.2) is 0 Å². The predicted molar refractivity (Wildman–Crippen MR) is 55.3 cm³/mol. The summed E-state index contributed by atoms with van der Waals surface area (Å²) in [6.07, 6.45) is 18.1. The van der Waals surface area contributed by atoms with Crippen LogP contribution in [0.25, 0.3) is 0 Å². The van der Waals surface area contributed by atoms with Gasteiger partial charge in [0.25, 0.3) is 0 Å². The van der Waals surface area contributed by atoms with Gasteiger partial charge in [0, 0.05) is 5.92 Å². The highest BCUT2D eigenvalue weighted by Crippen LogP contribution is 2.39. The second kappa shape index (κ2) is 2.59. The Morgan fingerprint density at radius 3 is 2.77 bits per heavy atom. The van der Waals surface area contributed by atoms with Crippen molar-refractivity contribution in [2.75, 3.05) is 0 Å². The molecule has 0 fully saturated rings. The second-order valence-corrected chi connectivity index (χ2v) is 3.78. The van der Waals surface area contributed by atoms with Crippen LogP contribution in [0.3, 0.4) is 0 Å². The molecular weight excluding hydrogens is 156 g/mol. The summed E-state index contributed by atoms with van der Waals surface area (Å²) in [4.78, 5) is 0. The van der Waals surface area contributed by atoms with Gasteiger partial charge in [-0.3, -0.25) is 0 Å². The molecule has 0 radical (unpaired) electrons. The summed E-state index contributed by atoms with van der Waals surface area (Å²) < 4.78 is 0. The van der Waals surface area contributed by atoms with Gasteiger partial charge < -0.3 is 0 Å². The average Bonchev–Trinajstić information content (AvgIpc) is 2.79. The third kappa shape index (κ3) is 0.983. The highest BCUT2D eigenvalue weighted by atomic mass is 14.3. The molecule has 0 bridgehead atoms. The molecular formula is C13H12. The van der Waals surface area contributed by atoms with Crippen LogP contribution in [0.1, 0.15) is 12.8 Å². The van der Waals surface area contributed by atoms with E-state index < -0.39 is 0 Å². The van der Waals surface area contributed by atoms with E-state index in [9.17, 15) is 0 Å². The van der Waals surface area contributed by atoms with E-state index in [1.54, 1.807) is 5.57 Å². The van der Waals surface area contributed by atoms with Crippen LogP contribution in [-0.2, 0) is 0 Å². The van der Waals surface area contributed by atoms with E-state index in [1.165, 1.54) is 24.0 Å². The number of allylic oxidation sites excluding steroid dienone is 10. The van der Waals surface area contributed by atoms with Gasteiger partial charge in [-0.15, -0.1) is 0 Å². The second-order valence-electron chi connectivity index (χ2n) is 3.78. The van der Waals surface area contributed by atoms with Crippen LogP contribution < -0.4 is 0 Å². The monoisotopic (exact) mass is 168 g/mol. The van der Waals surface area contributed by atoms with E-state index in [-0.39, 0.29) is 0 Å². The standard InChI is InChI=1S/C13H12/c1-2-5-10(4-1)13-9-8-11-6-3-7-12(11)13/h1-5,7,9-10H,6,8H2. The maximum atomic E-state index is 2.39. The third-order valence-corrected chi connectivity index (χ3v) is 3.02. The zero-order chi connectivity index (χ0) is 8.67. The summed E-state index contributed by atoms with van der Waals surface area (Å²) in [7, 11) is 0. The Hall–Kier alpha value is -1.30. The van der Waals surface area contributed by atoms with E-state index in [0.717, 1.165) is 0 Å². The highest BCUT2D eigenvalue weighted by molar-refractivity contribution is 5.56. The van der Waals surface area contributed by atoms with Gasteiger partial charge in [-0.2, -0.15) is 0 Å². The summed E-state index contributed by atoms with van der Waals surface area (Å²) in [6, 6.07) is 0. The molecule has 0 aromatic rings. The van der Waals surface area contributed by atoms with Crippen molar-refractivity contribution < 1.29 is 0 Å². The Balaban J connectivity index is 1.97. The molecule has 0 saturated heterocycles. The molecule has 3 rings (SSSR count). The van der Waals surface area contributed by atoms with Crippen molar-refractivity contribution >= 4 is 0 Å². The van der Waals surface area contributed by atoms with Gasteiger partial charge in [-0.25, -0.2) is 0 Å². The van der Waals surface area contributed by atoms with Crippen LogP contribution in [0.2, 0.25) is 0 Å². The molecule has 0 heteroatoms. The lowest BCUT2D eigenvalue weighted by molar-refractivity contribution is 1.01. The minimum atomic E-state index is 0.551. The summed E-state index contributed by atoms with van der Waals surface area (Å²) in [6.45, 7) is 0. The zero-order valence-electron chi connectivity index (χ0n) is 7.53. The van der Waals surface area contributed by atoms with Crippen LogP contribution >= 0.6 is 0 Å². The molecule has 0 heterocycles. The Labute approximate surface area is 78.7 Å². The third-order valence-electron chi connectivity index (χ3n) is 3.02. The van der Waals surface area contributed by atoms with Crippen molar-refractivity contribution in [1.82, 2.24) is 0 Å². The summed E-state index contributed by atoms with van der Waals surface area (Å²) in [5, 5.41) is 0. The Morgan fingerprint density at radius 2 is 1.92 bits per heavy atom. The fourth-order valence-corrected chi connectivity index (χ4v) is 2.34. The molecule has 3 aliphatic rings. The van der Waals surface area contributed by atoms with E-state index in [4.69, 9.17) is 0 Å². The molecule has 0 aromatic heterocycles. The summed E-state index contributed by atoms with van der Waals surface area (Å²) in [5.74, 6) is 0.551. The quantitative estimate of drug-likeness (QED) is 0.563. The maximum absolute atomic E-state index is 2.39. The van der Waals surface area contributed by atoms with Gasteiger partial charge in [0.2, 0.25) is 0 Å². The van der Waals surface area contributed by atoms with Gasteiger partial charge in [0.1, 0.15) is 0 Å². The zero-order valence-corrected chi connectivity index (χ0v) is 7.53. The van der Waals surface area contributed by atoms with E-state index in [0.29, 0.717) is 5.92 Å². The first kappa shape index (κ1) is 7.14. The van der Waals surface area contributed by atoms with Gasteiger partial charge in [-0.1, -0.05) is 48.1 Å². The van der Waals surface area contributed by atoms with E-state index in [2.05, 4.69) is 42.5 Å². The fraction of sp³-hybridized carbons (Fsp3) is 0.231. The number of rotatable bonds is 1. The fourth-order valence-electron chi connectivity index (χ4n) is 2.34. The molecule has 0 nitrogen and oxygen atoms in total. The molecule has 0 saturated carbocycles. The van der Waals surface area contributed by atoms with Gasteiger partial charge >= 0.3 is 0 Å². The molecule has 0 N–H and O–H groups in total. The highest BCUT2D eigenvalue weighted by Gasteiger charge is 2.22. The molecule has 64 valence electrons. The molecule has 0 aliphatic heterocycles. The van der Waals surface area contributed by atoms with Crippen LogP contribution in [0.15, 0.2) is 59.3 Å². The van der Waals surface area contributed by atoms with Crippen molar-refractivity contribution in [2.24, 2.45) is 5.92 Å². The van der Waals surface area contributed by atoms with Gasteiger partial charge in [0.15, 0.2) is 0 Å². The largest absolute Gasteiger partial charge is 0.0798 e. The van der Waals surface area contributed by atoms with Crippen molar-refractivity contribution in [3.05, 3.63) is 59.3 Å². The van der Waals surface area contributed by atoms with Crippen molar-refractivity contribution in [1.29, 1.82) is 0 Å². The first-order chi connectivity index (χ1) is 6.45. The van der Waals surface area contributed by atoms with Crippen LogP contribution in [0, 0.1) is 5.92 Å². The van der Waals surface area contributed by atoms with Crippen molar-refractivity contribution in [2.45, 2.75) is 12.8 Å². The lowest BCUT2D eigenvalue weighted by Crippen LogP contribution is -1.94. The SMILES string of the molecule is C1=CC(C2=CCC3=C2C=CC3)C=C1. The van der Waals surface area contributed by atoms with Gasteiger partial charge in [0.05, 0.1) is 0 Å². The van der Waals surface area contributed by atoms with Crippen LogP contribution in [0.4, 0.5) is 0 Å². The normalized spacial score (nSPS) is 24.8. The summed E-state index contributed by atoms with van der Waals surface area (Å²) in [5.41, 5.74) is 4.65. The molecule has 3 aliphatic carbocycles. The van der Waals surface area contributed by atoms with Gasteiger partial charge in [-0.05, 0) is 24.0 Å². The molecule has 0 aromatic carbocycles. The topological polar surface area (TPSA) is 0 Å². The summed E-state index contributed by atoms with van der Waals surface area (Å²) >= 11 is 0. The first-order valence-electron chi connectivity index (χ1n) is 4.89. The lowest BCUT2D eigenvalue weighted by Gasteiger charge is -2.08. The van der Waals surface area contributed by atoms with E-state index >= 15 is 0 Å². The average molecular weight is 168 g/mol. The first-order valence-corrected chi connectivity index (χ1v) is 4.89. The molecule has 0 spiro atoms. The molecule has 0 atom stereocenters. The molecule has 0 amide bonds. The Bertz CT molecular complexity index is 374. The smallest absolute Gasteiger partial charge is 0.0207 e. The minimum absolute atomic E-state index is 0.551. The minimum Gasteiger partial charge on any atom is -0.0798 e. The van der Waals surface area contributed by atoms with Crippen LogP contribution in [0.5, 0.6) is 0 Å². The number of hydrogen-bond acceptors (Lipinski definition) is 0.